The van der Waals surface area contributed by atoms with E-state index in [0.717, 1.165) is 38.0 Å². The van der Waals surface area contributed by atoms with Crippen molar-refractivity contribution in [2.24, 2.45) is 11.8 Å². The number of aliphatic hydroxyl groups is 2. The number of H-pyrrole nitrogens is 1. The Morgan fingerprint density at radius 2 is 1.43 bits per heavy atom. The third kappa shape index (κ3) is 11.8. The highest BCUT2D eigenvalue weighted by Crippen LogP contribution is 2.34. The highest BCUT2D eigenvalue weighted by atomic mass is 16.5. The molecule has 2 atom stereocenters. The topological polar surface area (TPSA) is 194 Å². The first kappa shape index (κ1) is 47.6. The summed E-state index contributed by atoms with van der Waals surface area (Å²) in [5.74, 6) is -0.441. The number of hydrogen-bond acceptors (Lipinski definition) is 11. The van der Waals surface area contributed by atoms with Crippen molar-refractivity contribution in [3.05, 3.63) is 177 Å². The summed E-state index contributed by atoms with van der Waals surface area (Å²) in [6.07, 6.45) is 2.32. The summed E-state index contributed by atoms with van der Waals surface area (Å²) in [5.41, 5.74) is 1.78. The lowest BCUT2D eigenvalue weighted by molar-refractivity contribution is -0.164. The van der Waals surface area contributed by atoms with Gasteiger partial charge in [0.15, 0.2) is 0 Å². The monoisotopic (exact) mass is 921 g/mol. The average molecular weight is 922 g/mol. The van der Waals surface area contributed by atoms with E-state index >= 15 is 0 Å². The fraction of sp³-hybridized carbons (Fsp3) is 0.333. The van der Waals surface area contributed by atoms with Gasteiger partial charge in [-0.1, -0.05) is 91.0 Å². The molecule has 2 amide bonds. The van der Waals surface area contributed by atoms with Crippen LogP contribution in [0.15, 0.2) is 138 Å². The normalized spacial score (nSPS) is 16.2. The Hall–Kier alpha value is -6.84. The van der Waals surface area contributed by atoms with E-state index in [9.17, 15) is 34.5 Å². The molecule has 2 aliphatic rings. The van der Waals surface area contributed by atoms with Crippen molar-refractivity contribution in [2.75, 3.05) is 52.5 Å². The molecule has 1 aromatic heterocycles. The van der Waals surface area contributed by atoms with Crippen LogP contribution >= 0.6 is 0 Å². The number of ether oxygens (including phenoxy) is 2. The predicted octanol–water partition coefficient (Wildman–Crippen LogP) is 5.80. The smallest absolute Gasteiger partial charge is 0.347 e. The van der Waals surface area contributed by atoms with E-state index < -0.39 is 17.7 Å². The van der Waals surface area contributed by atoms with Gasteiger partial charge in [0.2, 0.25) is 17.1 Å². The van der Waals surface area contributed by atoms with Crippen LogP contribution in [0, 0.1) is 11.8 Å². The number of carbonyl (C=O) groups is 3. The number of rotatable bonds is 18. The Bertz CT molecular complexity index is 2700. The molecule has 14 heteroatoms. The molecule has 14 nitrogen and oxygen atoms in total. The van der Waals surface area contributed by atoms with E-state index in [0.29, 0.717) is 72.5 Å². The number of benzene rings is 5. The third-order valence-electron chi connectivity index (χ3n) is 13.1. The van der Waals surface area contributed by atoms with E-state index in [1.807, 2.05) is 12.1 Å². The molecule has 0 spiro atoms. The number of piperidine rings is 2. The molecular weight excluding hydrogens is 863 g/mol. The zero-order valence-electron chi connectivity index (χ0n) is 38.0. The molecule has 6 N–H and O–H groups in total. The maximum atomic E-state index is 13.9. The molecule has 2 aliphatic heterocycles. The first-order chi connectivity index (χ1) is 33.0. The highest BCUT2D eigenvalue weighted by Gasteiger charge is 2.42. The number of aromatic amines is 1. The van der Waals surface area contributed by atoms with Gasteiger partial charge in [0, 0.05) is 55.3 Å². The largest absolute Gasteiger partial charge is 0.506 e. The summed E-state index contributed by atoms with van der Waals surface area (Å²) >= 11 is 0. The van der Waals surface area contributed by atoms with Gasteiger partial charge in [0.05, 0.1) is 31.4 Å². The van der Waals surface area contributed by atoms with E-state index in [-0.39, 0.29) is 60.2 Å². The number of phenols is 1. The van der Waals surface area contributed by atoms with Crippen LogP contribution in [0.3, 0.4) is 0 Å². The number of aliphatic hydroxyl groups excluding tert-OH is 1. The molecule has 68 heavy (non-hydrogen) atoms. The second-order valence-corrected chi connectivity index (χ2v) is 17.9. The summed E-state index contributed by atoms with van der Waals surface area (Å²) in [5, 5.41) is 39.7. The maximum Gasteiger partial charge on any atom is 0.347 e. The number of aromatic hydroxyl groups is 1. The zero-order chi connectivity index (χ0) is 47.5. The molecule has 1 unspecified atom stereocenters. The summed E-state index contributed by atoms with van der Waals surface area (Å²) in [6.45, 7) is 4.88. The Morgan fingerprint density at radius 1 is 0.750 bits per heavy atom. The minimum atomic E-state index is -2.04. The number of phenolic OH excluding ortho intramolecular Hbond substituents is 1. The quantitative estimate of drug-likeness (QED) is 0.0572. The maximum absolute atomic E-state index is 13.9. The number of pyridine rings is 1. The van der Waals surface area contributed by atoms with Gasteiger partial charge in [-0.2, -0.15) is 0 Å². The van der Waals surface area contributed by atoms with Crippen LogP contribution in [0.1, 0.15) is 70.0 Å². The first-order valence-corrected chi connectivity index (χ1v) is 23.4. The molecule has 8 rings (SSSR count). The molecule has 0 radical (unpaired) electrons. The minimum Gasteiger partial charge on any atom is -0.506 e. The molecular formula is C54H59N5O9. The van der Waals surface area contributed by atoms with Crippen LogP contribution in [-0.2, 0) is 33.0 Å². The Balaban J connectivity index is 0.762. The van der Waals surface area contributed by atoms with Gasteiger partial charge < -0.3 is 45.3 Å². The van der Waals surface area contributed by atoms with Crippen molar-refractivity contribution in [1.82, 2.24) is 25.4 Å². The minimum absolute atomic E-state index is 0.0759. The molecule has 0 aliphatic carbocycles. The molecule has 0 saturated carbocycles. The Morgan fingerprint density at radius 3 is 2.16 bits per heavy atom. The molecule has 5 aromatic carbocycles. The fourth-order valence-corrected chi connectivity index (χ4v) is 9.06. The summed E-state index contributed by atoms with van der Waals surface area (Å²) in [7, 11) is 0. The molecule has 0 bridgehead atoms. The lowest BCUT2D eigenvalue weighted by atomic mass is 9.86. The standard InChI is InChI=1S/C54H59N5O9/c60-47-20-18-45(46-19-21-49(62)57-51(46)47)48(61)32-55-31-37-14-16-41(17-15-37)52(64)56-33-50(63)59-28-24-40(25-29-59)35-67-44-13-7-12-43(30-44)54(66,42-10-5-2-6-11-42)53(65)68-36-39-22-26-58(27-23-39)34-38-8-3-1-4-9-38/h1-21,30,39-40,48,55,60-61,66H,22-29,31-36H2,(H,56,64)(H,57,62)/t48-,54?/m0/s1. The molecule has 354 valence electrons. The van der Waals surface area contributed by atoms with Gasteiger partial charge in [0.25, 0.3) is 5.91 Å². The second kappa shape index (κ2) is 22.3. The Labute approximate surface area is 395 Å². The van der Waals surface area contributed by atoms with E-state index in [1.54, 1.807) is 89.8 Å². The van der Waals surface area contributed by atoms with Gasteiger partial charge in [-0.3, -0.25) is 19.3 Å². The third-order valence-corrected chi connectivity index (χ3v) is 13.1. The predicted molar refractivity (Wildman–Crippen MR) is 258 cm³/mol. The van der Waals surface area contributed by atoms with E-state index in [2.05, 4.69) is 44.8 Å². The van der Waals surface area contributed by atoms with Crippen molar-refractivity contribution in [2.45, 2.75) is 50.5 Å². The van der Waals surface area contributed by atoms with E-state index in [1.165, 1.54) is 17.7 Å². The number of esters is 1. The van der Waals surface area contributed by atoms with Gasteiger partial charge in [0.1, 0.15) is 11.5 Å². The number of carbonyl (C=O) groups excluding carboxylic acids is 3. The molecule has 6 aromatic rings. The van der Waals surface area contributed by atoms with Crippen molar-refractivity contribution >= 4 is 28.7 Å². The van der Waals surface area contributed by atoms with Crippen molar-refractivity contribution in [3.63, 3.8) is 0 Å². The number of nitrogens with one attached hydrogen (secondary N) is 3. The van der Waals surface area contributed by atoms with Crippen LogP contribution in [0.2, 0.25) is 0 Å². The van der Waals surface area contributed by atoms with Crippen LogP contribution in [0.4, 0.5) is 0 Å². The van der Waals surface area contributed by atoms with Gasteiger partial charge in [-0.25, -0.2) is 4.79 Å². The van der Waals surface area contributed by atoms with Crippen LogP contribution < -0.4 is 20.9 Å². The van der Waals surface area contributed by atoms with Crippen LogP contribution in [0.25, 0.3) is 10.9 Å². The highest BCUT2D eigenvalue weighted by molar-refractivity contribution is 5.96. The second-order valence-electron chi connectivity index (χ2n) is 17.9. The summed E-state index contributed by atoms with van der Waals surface area (Å²) in [4.78, 5) is 58.5. The number of amides is 2. The van der Waals surface area contributed by atoms with Crippen LogP contribution in [-0.4, -0.2) is 100 Å². The van der Waals surface area contributed by atoms with Gasteiger partial charge in [-0.05, 0) is 109 Å². The Kier molecular flexibility index (Phi) is 15.6. The van der Waals surface area contributed by atoms with Crippen LogP contribution in [0.5, 0.6) is 11.5 Å². The van der Waals surface area contributed by atoms with Gasteiger partial charge >= 0.3 is 5.97 Å². The molecule has 2 saturated heterocycles. The molecule has 2 fully saturated rings. The summed E-state index contributed by atoms with van der Waals surface area (Å²) < 4.78 is 12.2. The number of aromatic nitrogens is 1. The summed E-state index contributed by atoms with van der Waals surface area (Å²) in [6, 6.07) is 39.2. The van der Waals surface area contributed by atoms with Crippen molar-refractivity contribution in [3.8, 4) is 11.5 Å². The lowest BCUT2D eigenvalue weighted by Crippen LogP contribution is -2.44. The number of likely N-dealkylation sites (tertiary alicyclic amines) is 2. The lowest BCUT2D eigenvalue weighted by Gasteiger charge is -2.33. The van der Waals surface area contributed by atoms with Crippen molar-refractivity contribution < 1.29 is 39.2 Å². The number of hydrogen-bond donors (Lipinski definition) is 6. The van der Waals surface area contributed by atoms with E-state index in [4.69, 9.17) is 9.47 Å². The zero-order valence-corrected chi connectivity index (χ0v) is 38.0. The number of fused-ring (bicyclic) bond motifs is 1. The molecule has 3 heterocycles. The van der Waals surface area contributed by atoms with Crippen molar-refractivity contribution in [1.29, 1.82) is 0 Å². The first-order valence-electron chi connectivity index (χ1n) is 23.4. The van der Waals surface area contributed by atoms with Gasteiger partial charge in [-0.15, -0.1) is 0 Å². The number of nitrogens with zero attached hydrogens (tertiary/aromatic N) is 2. The SMILES string of the molecule is O=C(NCC(=O)N1CCC(COc2cccc(C(O)(C(=O)OCC3CCN(Cc4ccccc4)CC3)c3ccccc3)c2)CC1)c1ccc(CNC[C@H](O)c2ccc(O)c3[nH]c(=O)ccc23)cc1. The average Bonchev–Trinajstić information content (AvgIpc) is 3.38. The fourth-order valence-electron chi connectivity index (χ4n) is 9.06.